The molecule has 0 bridgehead atoms. The maximum Gasteiger partial charge on any atom is 0.165 e. The highest BCUT2D eigenvalue weighted by atomic mass is 19.1. The Kier molecular flexibility index (Phi) is 5.09. The average molecular weight is 344 g/mol. The molecule has 1 aliphatic heterocycles. The van der Waals surface area contributed by atoms with Crippen LogP contribution in [0.3, 0.4) is 0 Å². The third kappa shape index (κ3) is 3.28. The number of rotatable bonds is 6. The van der Waals surface area contributed by atoms with Gasteiger partial charge in [-0.3, -0.25) is 4.79 Å². The van der Waals surface area contributed by atoms with Crippen molar-refractivity contribution in [3.8, 4) is 5.75 Å². The quantitative estimate of drug-likeness (QED) is 0.723. The number of carbonyl (C=O) groups is 1. The van der Waals surface area contributed by atoms with E-state index in [0.717, 1.165) is 17.6 Å². The van der Waals surface area contributed by atoms with Crippen molar-refractivity contribution >= 4 is 5.78 Å². The van der Waals surface area contributed by atoms with Gasteiger partial charge in [0.05, 0.1) is 19.3 Å². The van der Waals surface area contributed by atoms with Crippen LogP contribution in [0.2, 0.25) is 0 Å². The van der Waals surface area contributed by atoms with Crippen LogP contribution in [0.15, 0.2) is 42.5 Å². The molecular formula is C21H25FO3. The minimum Gasteiger partial charge on any atom is -0.494 e. The first-order valence-electron chi connectivity index (χ1n) is 8.82. The largest absolute Gasteiger partial charge is 0.494 e. The van der Waals surface area contributed by atoms with Gasteiger partial charge < -0.3 is 9.47 Å². The Morgan fingerprint density at radius 3 is 3.00 bits per heavy atom. The van der Waals surface area contributed by atoms with E-state index in [1.165, 1.54) is 13.2 Å². The van der Waals surface area contributed by atoms with E-state index in [4.69, 9.17) is 9.47 Å². The maximum absolute atomic E-state index is 14.0. The molecule has 1 fully saturated rings. The van der Waals surface area contributed by atoms with Crippen molar-refractivity contribution in [1.82, 2.24) is 0 Å². The molecule has 3 rings (SSSR count). The zero-order chi connectivity index (χ0) is 18.0. The summed E-state index contributed by atoms with van der Waals surface area (Å²) in [6.45, 7) is 6.54. The van der Waals surface area contributed by atoms with Crippen molar-refractivity contribution in [2.45, 2.75) is 38.2 Å². The van der Waals surface area contributed by atoms with Crippen molar-refractivity contribution < 1.29 is 18.7 Å². The highest BCUT2D eigenvalue weighted by Gasteiger charge is 2.49. The number of hydrogen-bond donors (Lipinski definition) is 0. The molecule has 3 atom stereocenters. The summed E-state index contributed by atoms with van der Waals surface area (Å²) in [7, 11) is 1.46. The van der Waals surface area contributed by atoms with E-state index in [9.17, 15) is 9.18 Å². The smallest absolute Gasteiger partial charge is 0.165 e. The molecule has 1 unspecified atom stereocenters. The third-order valence-electron chi connectivity index (χ3n) is 5.55. The van der Waals surface area contributed by atoms with Crippen LogP contribution in [0, 0.1) is 17.7 Å². The second kappa shape index (κ2) is 7.12. The van der Waals surface area contributed by atoms with Gasteiger partial charge in [0.1, 0.15) is 0 Å². The second-order valence-electron chi connectivity index (χ2n) is 7.06. The van der Waals surface area contributed by atoms with Crippen LogP contribution in [0.1, 0.15) is 31.7 Å². The molecule has 1 heterocycles. The number of fused-ring (bicyclic) bond motifs is 1. The standard InChI is InChI=1S/C21H25FO3/c1-4-5-16-13-21(17(8-9-25-21)12-19(16)23)14(2)10-15-6-7-20(24-3)18(22)11-15/h4,6-7,11-12,14,16H,1,5,8-10,13H2,2-3H3/t14?,16-,21+/m0/s1. The van der Waals surface area contributed by atoms with E-state index in [1.54, 1.807) is 18.2 Å². The molecule has 1 aromatic carbocycles. The van der Waals surface area contributed by atoms with Gasteiger partial charge in [0, 0.05) is 5.92 Å². The minimum absolute atomic E-state index is 0.0746. The van der Waals surface area contributed by atoms with E-state index < -0.39 is 5.60 Å². The summed E-state index contributed by atoms with van der Waals surface area (Å²) in [4.78, 5) is 12.3. The average Bonchev–Trinajstić information content (AvgIpc) is 2.99. The molecule has 25 heavy (non-hydrogen) atoms. The molecule has 0 saturated carbocycles. The Morgan fingerprint density at radius 2 is 2.32 bits per heavy atom. The number of allylic oxidation sites excluding steroid dienone is 2. The van der Waals surface area contributed by atoms with Crippen molar-refractivity contribution in [1.29, 1.82) is 0 Å². The van der Waals surface area contributed by atoms with Crippen LogP contribution >= 0.6 is 0 Å². The number of ketones is 1. The van der Waals surface area contributed by atoms with Gasteiger partial charge in [0.25, 0.3) is 0 Å². The fourth-order valence-electron chi connectivity index (χ4n) is 4.20. The molecular weight excluding hydrogens is 319 g/mol. The lowest BCUT2D eigenvalue weighted by Gasteiger charge is -2.41. The van der Waals surface area contributed by atoms with E-state index in [0.29, 0.717) is 25.9 Å². The molecule has 1 aliphatic carbocycles. The molecule has 134 valence electrons. The maximum atomic E-state index is 14.0. The van der Waals surface area contributed by atoms with Gasteiger partial charge in [0.2, 0.25) is 0 Å². The van der Waals surface area contributed by atoms with Crippen LogP contribution in [0.4, 0.5) is 4.39 Å². The van der Waals surface area contributed by atoms with Gasteiger partial charge in [-0.15, -0.1) is 6.58 Å². The van der Waals surface area contributed by atoms with Crippen molar-refractivity contribution in [3.63, 3.8) is 0 Å². The molecule has 0 radical (unpaired) electrons. The zero-order valence-corrected chi connectivity index (χ0v) is 14.9. The Labute approximate surface area is 148 Å². The fourth-order valence-corrected chi connectivity index (χ4v) is 4.20. The number of carbonyl (C=O) groups excluding carboxylic acids is 1. The second-order valence-corrected chi connectivity index (χ2v) is 7.06. The molecule has 0 aromatic heterocycles. The highest BCUT2D eigenvalue weighted by molar-refractivity contribution is 5.94. The van der Waals surface area contributed by atoms with Gasteiger partial charge in [-0.25, -0.2) is 4.39 Å². The molecule has 0 N–H and O–H groups in total. The number of benzene rings is 1. The van der Waals surface area contributed by atoms with E-state index in [-0.39, 0.29) is 29.2 Å². The monoisotopic (exact) mass is 344 g/mol. The van der Waals surface area contributed by atoms with Gasteiger partial charge in [-0.05, 0) is 60.9 Å². The minimum atomic E-state index is -0.419. The molecule has 4 heteroatoms. The zero-order valence-electron chi connectivity index (χ0n) is 14.9. The van der Waals surface area contributed by atoms with Crippen LogP contribution in [-0.2, 0) is 16.0 Å². The number of methoxy groups -OCH3 is 1. The summed E-state index contributed by atoms with van der Waals surface area (Å²) in [5.74, 6) is 0.153. The topological polar surface area (TPSA) is 35.5 Å². The van der Waals surface area contributed by atoms with Crippen LogP contribution in [0.25, 0.3) is 0 Å². The molecule has 3 nitrogen and oxygen atoms in total. The SMILES string of the molecule is C=CC[C@H]1C[C@]2(C(C)Cc3ccc(OC)c(F)c3)OCCC2=CC1=O. The lowest BCUT2D eigenvalue weighted by Crippen LogP contribution is -2.44. The van der Waals surface area contributed by atoms with Gasteiger partial charge in [-0.1, -0.05) is 19.1 Å². The Morgan fingerprint density at radius 1 is 1.52 bits per heavy atom. The number of halogens is 1. The lowest BCUT2D eigenvalue weighted by atomic mass is 9.68. The van der Waals surface area contributed by atoms with Gasteiger partial charge in [0.15, 0.2) is 17.3 Å². The van der Waals surface area contributed by atoms with E-state index in [2.05, 4.69) is 13.5 Å². The van der Waals surface area contributed by atoms with Gasteiger partial charge >= 0.3 is 0 Å². The Bertz CT molecular complexity index is 709. The first kappa shape index (κ1) is 17.9. The van der Waals surface area contributed by atoms with E-state index >= 15 is 0 Å². The molecule has 0 spiro atoms. The summed E-state index contributed by atoms with van der Waals surface area (Å²) in [6.07, 6.45) is 6.42. The number of hydrogen-bond acceptors (Lipinski definition) is 3. The predicted molar refractivity (Wildman–Crippen MR) is 95.1 cm³/mol. The van der Waals surface area contributed by atoms with Crippen LogP contribution in [-0.4, -0.2) is 25.1 Å². The first-order valence-corrected chi connectivity index (χ1v) is 8.82. The van der Waals surface area contributed by atoms with Crippen LogP contribution < -0.4 is 4.74 Å². The summed E-state index contributed by atoms with van der Waals surface area (Å²) >= 11 is 0. The Hall–Kier alpha value is -1.94. The summed E-state index contributed by atoms with van der Waals surface area (Å²) in [5.41, 5.74) is 1.59. The molecule has 0 amide bonds. The molecule has 2 aliphatic rings. The summed E-state index contributed by atoms with van der Waals surface area (Å²) in [6, 6.07) is 5.08. The normalized spacial score (nSPS) is 26.8. The molecule has 1 saturated heterocycles. The third-order valence-corrected chi connectivity index (χ3v) is 5.55. The highest BCUT2D eigenvalue weighted by Crippen LogP contribution is 2.47. The predicted octanol–water partition coefficient (Wildman–Crippen LogP) is 4.26. The fraction of sp³-hybridized carbons (Fsp3) is 0.476. The lowest BCUT2D eigenvalue weighted by molar-refractivity contribution is -0.123. The number of ether oxygens (including phenoxy) is 2. The first-order chi connectivity index (χ1) is 12.0. The summed E-state index contributed by atoms with van der Waals surface area (Å²) < 4.78 is 25.2. The molecule has 1 aromatic rings. The van der Waals surface area contributed by atoms with Crippen LogP contribution in [0.5, 0.6) is 5.75 Å². The van der Waals surface area contributed by atoms with Gasteiger partial charge in [-0.2, -0.15) is 0 Å². The van der Waals surface area contributed by atoms with Crippen molar-refractivity contribution in [3.05, 3.63) is 53.9 Å². The van der Waals surface area contributed by atoms with E-state index in [1.807, 2.05) is 6.07 Å². The summed E-state index contributed by atoms with van der Waals surface area (Å²) in [5, 5.41) is 0. The van der Waals surface area contributed by atoms with Crippen molar-refractivity contribution in [2.24, 2.45) is 11.8 Å². The van der Waals surface area contributed by atoms with Crippen molar-refractivity contribution in [2.75, 3.05) is 13.7 Å². The Balaban J connectivity index is 1.85.